The van der Waals surface area contributed by atoms with E-state index in [-0.39, 0.29) is 0 Å². The van der Waals surface area contributed by atoms with Crippen LogP contribution in [-0.4, -0.2) is 0 Å². The van der Waals surface area contributed by atoms with E-state index in [2.05, 4.69) is 247 Å². The Labute approximate surface area is 781 Å². The number of aromatic nitrogens is 4. The summed E-state index contributed by atoms with van der Waals surface area (Å²) in [7, 11) is 8.69. The first kappa shape index (κ1) is 87.1. The van der Waals surface area contributed by atoms with Crippen molar-refractivity contribution in [1.82, 2.24) is 0 Å². The van der Waals surface area contributed by atoms with Gasteiger partial charge in [0.05, 0.1) is 38.2 Å². The van der Waals surface area contributed by atoms with Crippen molar-refractivity contribution in [2.45, 2.75) is 390 Å². The summed E-state index contributed by atoms with van der Waals surface area (Å²) in [6.45, 7) is 16.2. The highest BCUT2D eigenvalue weighted by molar-refractivity contribution is 5.98. The van der Waals surface area contributed by atoms with Crippen LogP contribution >= 0.6 is 0 Å². The molecule has 10 aliphatic carbocycles. The molecular weight excluding hydrogens is 1560 g/mol. The van der Waals surface area contributed by atoms with Gasteiger partial charge in [-0.3, -0.25) is 0 Å². The fourth-order valence-corrected chi connectivity index (χ4v) is 27.3. The zero-order chi connectivity index (χ0) is 90.1. The maximum absolute atomic E-state index is 8.90. The van der Waals surface area contributed by atoms with Gasteiger partial charge in [0.25, 0.3) is 0 Å². The lowest BCUT2D eigenvalue weighted by atomic mass is 9.76. The normalized spacial score (nSPS) is 19.7. The molecule has 10 aliphatic rings. The third-order valence-electron chi connectivity index (χ3n) is 35.4. The lowest BCUT2D eigenvalue weighted by Gasteiger charge is -2.28. The summed E-state index contributed by atoms with van der Waals surface area (Å²) in [5, 5.41) is 10.7. The van der Waals surface area contributed by atoms with Crippen molar-refractivity contribution >= 4 is 43.1 Å². The molecule has 4 nitrogen and oxygen atoms in total. The molecule has 10 fully saturated rings. The molecule has 4 heteroatoms. The van der Waals surface area contributed by atoms with Crippen LogP contribution in [0.3, 0.4) is 0 Å². The van der Waals surface area contributed by atoms with E-state index in [0.29, 0.717) is 47.9 Å². The van der Waals surface area contributed by atoms with Gasteiger partial charge < -0.3 is 0 Å². The summed E-state index contributed by atoms with van der Waals surface area (Å²) in [6.07, 6.45) is 61.2. The Bertz CT molecular complexity index is 6110. The van der Waals surface area contributed by atoms with E-state index in [9.17, 15) is 0 Å². The van der Waals surface area contributed by atoms with Crippen LogP contribution in [0, 0.1) is 48.5 Å². The largest absolute Gasteiger partial charge is 0.220 e. The SMILES string of the molecule is Cc1cc(C2CCCCC2)cc(-c2c3ccc(C4CCCC4)cc3cc(C)[n+]2C)c1C.Cc1ccc(C2CCCCC2)cc1-c1c2ccc(C3CCCC3)cc2cc(C)[n+]1C.[2H]c1cc2cc(C3CCCC3)ccc2c(-c2cc(C3CCCC3)cc(C3CCCC3)c2C)[n+]1C.[2H]c1cc2cc(C3CCCC3)ccc2c(-c2cc(C3CCCCC3)cc(C3CCCCC3)c2C)[n+]1C. The minimum atomic E-state index is 0.610. The Morgan fingerprint density at radius 2 is 0.457 bits per heavy atom. The first-order chi connectivity index (χ1) is 63.8. The monoisotopic (exact) mass is 1720 g/mol. The van der Waals surface area contributed by atoms with Crippen LogP contribution in [0.5, 0.6) is 0 Å². The van der Waals surface area contributed by atoms with E-state index in [4.69, 9.17) is 2.74 Å². The highest BCUT2D eigenvalue weighted by atomic mass is 15.0. The molecule has 8 aromatic carbocycles. The number of fused-ring (bicyclic) bond motifs is 4. The number of aryl methyl sites for hydroxylation is 4. The average Bonchev–Trinajstić information content (AvgIpc) is 1.63. The van der Waals surface area contributed by atoms with Crippen molar-refractivity contribution in [2.75, 3.05) is 0 Å². The standard InChI is InChI=1S/C34H44N.C32H40N.C30H38N.C29H36N/c1-24-32(27-15-7-4-8-16-27)22-30(26-11-5-3-6-12-26)23-33(24)34-31-18-17-28(25-13-9-10-14-25)21-29(31)19-20-35(34)2;1-22-30(25-13-7-8-14-25)20-28(24-11-5-6-12-24)21-31(22)32-29-16-15-26(23-9-3-4-10-23)19-27(29)17-18-33(32)2;1-20-16-26(24-10-6-5-7-11-24)19-29(22(20)3)30-28-15-14-25(23-12-8-9-13-23)18-27(28)17-21(2)31(30)4;1-20-13-14-25(23-9-5-4-6-10-23)19-28(20)29-27-16-15-24(22-11-7-8-12-22)18-26(27)17-21(2)30(29)3/h17-23,25-27H,3-16H2,1-2H3;15-21,23-25H,3-14H2,1-2H3;14-19,23-24H,5-13H2,1-4H3;13-19,22-23H,4-12H2,1-3H3/q4*+1/i20D;18D;;. The van der Waals surface area contributed by atoms with Crippen molar-refractivity contribution in [3.05, 3.63) is 259 Å². The number of nitrogens with zero attached hydrogens (tertiary/aromatic N) is 4. The van der Waals surface area contributed by atoms with Crippen molar-refractivity contribution in [3.63, 3.8) is 0 Å². The maximum Gasteiger partial charge on any atom is 0.220 e. The van der Waals surface area contributed by atoms with Crippen LogP contribution in [-0.2, 0) is 28.2 Å². The maximum atomic E-state index is 8.90. The lowest BCUT2D eigenvalue weighted by molar-refractivity contribution is -0.665. The molecule has 0 radical (unpaired) electrons. The molecule has 22 rings (SSSR count). The van der Waals surface area contributed by atoms with Crippen LogP contribution in [0.25, 0.3) is 88.1 Å². The molecule has 0 amide bonds. The summed E-state index contributed by atoms with van der Waals surface area (Å²) in [6, 6.07) is 60.5. The Morgan fingerprint density at radius 1 is 0.209 bits per heavy atom. The van der Waals surface area contributed by atoms with E-state index < -0.39 is 0 Å². The van der Waals surface area contributed by atoms with Gasteiger partial charge in [-0.2, -0.15) is 9.13 Å². The first-order valence-corrected chi connectivity index (χ1v) is 53.1. The van der Waals surface area contributed by atoms with E-state index in [0.717, 1.165) is 23.7 Å². The van der Waals surface area contributed by atoms with Gasteiger partial charge in [-0.1, -0.05) is 233 Å². The predicted octanol–water partition coefficient (Wildman–Crippen LogP) is 33.6. The average molecular weight is 1720 g/mol. The smallest absolute Gasteiger partial charge is 0.200 e. The molecule has 10 saturated carbocycles. The number of rotatable bonds is 14. The molecule has 0 unspecified atom stereocenters. The fourth-order valence-electron chi connectivity index (χ4n) is 27.3. The van der Waals surface area contributed by atoms with Gasteiger partial charge in [-0.15, -0.1) is 0 Å². The van der Waals surface area contributed by atoms with Crippen molar-refractivity contribution < 1.29 is 21.0 Å². The molecule has 674 valence electrons. The lowest BCUT2D eigenvalue weighted by Crippen LogP contribution is -2.35. The number of pyridine rings is 4. The van der Waals surface area contributed by atoms with Crippen LogP contribution in [0.15, 0.2) is 164 Å². The van der Waals surface area contributed by atoms with Crippen LogP contribution in [0.2, 0.25) is 0 Å². The van der Waals surface area contributed by atoms with Gasteiger partial charge in [0.1, 0.15) is 30.9 Å². The van der Waals surface area contributed by atoms with Gasteiger partial charge in [0.15, 0.2) is 23.7 Å². The zero-order valence-corrected chi connectivity index (χ0v) is 81.6. The number of hydrogen-bond acceptors (Lipinski definition) is 0. The van der Waals surface area contributed by atoms with Gasteiger partial charge in [-0.05, 0) is 376 Å². The molecule has 129 heavy (non-hydrogen) atoms. The highest BCUT2D eigenvalue weighted by Gasteiger charge is 2.34. The van der Waals surface area contributed by atoms with E-state index in [1.54, 1.807) is 44.5 Å². The second-order valence-electron chi connectivity index (χ2n) is 43.5. The topological polar surface area (TPSA) is 15.5 Å². The third-order valence-corrected chi connectivity index (χ3v) is 35.4. The molecule has 12 aromatic rings. The van der Waals surface area contributed by atoms with Crippen molar-refractivity contribution in [1.29, 1.82) is 0 Å². The van der Waals surface area contributed by atoms with Gasteiger partial charge in [0, 0.05) is 43.7 Å². The summed E-state index contributed by atoms with van der Waals surface area (Å²) in [5.74, 6) is 7.25. The Balaban J connectivity index is 0.000000113. The minimum absolute atomic E-state index is 0.610. The van der Waals surface area contributed by atoms with Gasteiger partial charge in [0.2, 0.25) is 22.8 Å². The number of hydrogen-bond donors (Lipinski definition) is 0. The van der Waals surface area contributed by atoms with Gasteiger partial charge in [-0.25, -0.2) is 9.13 Å². The quantitative estimate of drug-likeness (QED) is 0.0965. The van der Waals surface area contributed by atoms with Crippen LogP contribution in [0.4, 0.5) is 0 Å². The minimum Gasteiger partial charge on any atom is -0.200 e. The fraction of sp³-hybridized carbons (Fsp3) is 0.520. The molecule has 0 bridgehead atoms. The first-order valence-electron chi connectivity index (χ1n) is 54.1. The van der Waals surface area contributed by atoms with E-state index in [1.807, 2.05) is 0 Å². The van der Waals surface area contributed by atoms with E-state index in [1.165, 1.54) is 421 Å². The third kappa shape index (κ3) is 19.2. The van der Waals surface area contributed by atoms with Crippen LogP contribution < -0.4 is 18.3 Å². The van der Waals surface area contributed by atoms with Crippen molar-refractivity contribution in [3.8, 4) is 45.0 Å². The molecule has 4 heterocycles. The predicted molar refractivity (Wildman–Crippen MR) is 546 cm³/mol. The summed E-state index contributed by atoms with van der Waals surface area (Å²) in [4.78, 5) is 0. The molecule has 0 spiro atoms. The summed E-state index contributed by atoms with van der Waals surface area (Å²) >= 11 is 0. The molecule has 0 atom stereocenters. The summed E-state index contributed by atoms with van der Waals surface area (Å²) < 4.78 is 26.9. The summed E-state index contributed by atoms with van der Waals surface area (Å²) in [5.41, 5.74) is 36.3. The second-order valence-corrected chi connectivity index (χ2v) is 43.5. The molecular formula is C125H158N4+4. The van der Waals surface area contributed by atoms with Gasteiger partial charge >= 0.3 is 0 Å². The Hall–Kier alpha value is -8.60. The van der Waals surface area contributed by atoms with E-state index >= 15 is 0 Å². The molecule has 0 aliphatic heterocycles. The molecule has 0 N–H and O–H groups in total. The Morgan fingerprint density at radius 3 is 0.791 bits per heavy atom. The molecule has 4 aromatic heterocycles. The van der Waals surface area contributed by atoms with Crippen LogP contribution in [0.1, 0.15) is 439 Å². The highest BCUT2D eigenvalue weighted by Crippen LogP contribution is 2.50. The Kier molecular flexibility index (Phi) is 27.3. The number of benzene rings is 8. The van der Waals surface area contributed by atoms with Crippen molar-refractivity contribution in [2.24, 2.45) is 28.2 Å². The zero-order valence-electron chi connectivity index (χ0n) is 83.6. The second kappa shape index (κ2) is 40.5. The molecule has 0 saturated heterocycles.